The van der Waals surface area contributed by atoms with Crippen LogP contribution >= 0.6 is 0 Å². The summed E-state index contributed by atoms with van der Waals surface area (Å²) in [5, 5.41) is 8.75. The lowest BCUT2D eigenvalue weighted by molar-refractivity contribution is 0.105. The van der Waals surface area contributed by atoms with Gasteiger partial charge in [0, 0.05) is 5.56 Å². The average Bonchev–Trinajstić information content (AvgIpc) is 2.60. The zero-order valence-electron chi connectivity index (χ0n) is 7.69. The number of ketones is 1. The molecule has 70 valence electrons. The van der Waals surface area contributed by atoms with E-state index in [9.17, 15) is 4.79 Å². The smallest absolute Gasteiger partial charge is 0.213 e. The van der Waals surface area contributed by atoms with Gasteiger partial charge in [0.15, 0.2) is 5.78 Å². The topological polar surface area (TPSA) is 43.7 Å². The Morgan fingerprint density at radius 3 is 2.60 bits per heavy atom. The second-order valence-corrected chi connectivity index (χ2v) is 3.04. The van der Waals surface area contributed by atoms with Gasteiger partial charge in [0.05, 0.1) is 6.57 Å². The predicted molar refractivity (Wildman–Crippen MR) is 57.2 cm³/mol. The van der Waals surface area contributed by atoms with Gasteiger partial charge < -0.3 is 5.41 Å². The van der Waals surface area contributed by atoms with Crippen LogP contribution in [0.5, 0.6) is 0 Å². The minimum Gasteiger partial charge on any atom is -0.775 e. The number of carbonyl (C=O) groups is 1. The van der Waals surface area contributed by atoms with Crippen LogP contribution < -0.4 is 0 Å². The first kappa shape index (κ1) is 9.14. The van der Waals surface area contributed by atoms with Crippen LogP contribution in [-0.2, 0) is 0 Å². The molecule has 1 aromatic rings. The molecule has 0 unspecified atom stereocenters. The van der Waals surface area contributed by atoms with E-state index in [1.807, 2.05) is 0 Å². The molecule has 15 heavy (non-hydrogen) atoms. The van der Waals surface area contributed by atoms with Gasteiger partial charge in [0.2, 0.25) is 5.70 Å². The zero-order valence-corrected chi connectivity index (χ0v) is 7.69. The number of benzene rings is 1. The second kappa shape index (κ2) is 3.38. The molecule has 0 fully saturated rings. The highest BCUT2D eigenvalue weighted by molar-refractivity contribution is 6.20. The lowest BCUT2D eigenvalue weighted by Gasteiger charge is -2.01. The normalized spacial score (nSPS) is 12.5. The highest BCUT2D eigenvalue weighted by atomic mass is 16.1. The van der Waals surface area contributed by atoms with E-state index in [0.717, 1.165) is 0 Å². The third-order valence-corrected chi connectivity index (χ3v) is 2.23. The molecule has 0 saturated carbocycles. The summed E-state index contributed by atoms with van der Waals surface area (Å²) in [5.41, 5.74) is 1.64. The van der Waals surface area contributed by atoms with Gasteiger partial charge in [-0.2, -0.15) is 0 Å². The molecule has 2 rings (SSSR count). The maximum Gasteiger partial charge on any atom is 0.213 e. The number of nitrogens with zero attached hydrogens (tertiary/aromatic N) is 2. The van der Waals surface area contributed by atoms with Crippen molar-refractivity contribution >= 4 is 17.2 Å². The summed E-state index contributed by atoms with van der Waals surface area (Å²) in [7, 11) is 0. The molecule has 3 nitrogen and oxygen atoms in total. The van der Waals surface area contributed by atoms with E-state index < -0.39 is 0 Å². The molecule has 0 aromatic heterocycles. The van der Waals surface area contributed by atoms with Gasteiger partial charge in [-0.15, -0.1) is 0 Å². The number of carbonyl (C=O) groups excluding carboxylic acids is 1. The molecular weight excluding hydrogens is 188 g/mol. The summed E-state index contributed by atoms with van der Waals surface area (Å²) in [6.45, 7) is 6.85. The van der Waals surface area contributed by atoms with Gasteiger partial charge >= 0.3 is 0 Å². The molecule has 0 aliphatic heterocycles. The average molecular weight is 193 g/mol. The van der Waals surface area contributed by atoms with E-state index in [4.69, 9.17) is 12.0 Å². The number of hydrogen-bond donors (Lipinski definition) is 0. The van der Waals surface area contributed by atoms with Crippen LogP contribution in [0.25, 0.3) is 15.8 Å². The molecule has 0 heterocycles. The monoisotopic (exact) mass is 193 g/mol. The number of allylic oxidation sites excluding steroid dienone is 2. The zero-order chi connectivity index (χ0) is 10.8. The summed E-state index contributed by atoms with van der Waals surface area (Å²) >= 11 is 0. The molecule has 0 spiro atoms. The summed E-state index contributed by atoms with van der Waals surface area (Å²) in [6.07, 6.45) is 1.35. The Bertz CT molecular complexity index is 570. The predicted octanol–water partition coefficient (Wildman–Crippen LogP) is 2.31. The van der Waals surface area contributed by atoms with E-state index >= 15 is 0 Å². The Morgan fingerprint density at radius 2 is 2.00 bits per heavy atom. The Balaban J connectivity index is 2.66. The first-order valence-corrected chi connectivity index (χ1v) is 4.28. The van der Waals surface area contributed by atoms with Crippen LogP contribution in [0.2, 0.25) is 0 Å². The van der Waals surface area contributed by atoms with Crippen molar-refractivity contribution in [3.63, 3.8) is 0 Å². The van der Waals surface area contributed by atoms with E-state index in [1.165, 1.54) is 6.08 Å². The molecule has 0 saturated heterocycles. The molecule has 1 aliphatic carbocycles. The molecule has 3 heteroatoms. The molecule has 0 bridgehead atoms. The van der Waals surface area contributed by atoms with Gasteiger partial charge in [-0.25, -0.2) is 4.85 Å². The van der Waals surface area contributed by atoms with Gasteiger partial charge in [-0.1, -0.05) is 24.3 Å². The molecule has 0 N–H and O–H groups in total. The van der Waals surface area contributed by atoms with E-state index in [-0.39, 0.29) is 11.5 Å². The maximum absolute atomic E-state index is 11.5. The van der Waals surface area contributed by atoms with Crippen molar-refractivity contribution in [2.24, 2.45) is 0 Å². The van der Waals surface area contributed by atoms with E-state index in [2.05, 4.69) is 4.85 Å². The van der Waals surface area contributed by atoms with Gasteiger partial charge in [-0.05, 0) is 17.2 Å². The lowest BCUT2D eigenvalue weighted by atomic mass is 10.0. The van der Waals surface area contributed by atoms with Crippen molar-refractivity contribution in [1.82, 2.24) is 0 Å². The quantitative estimate of drug-likeness (QED) is 0.498. The van der Waals surface area contributed by atoms with E-state index in [0.29, 0.717) is 16.7 Å². The minimum atomic E-state index is -0.142. The second-order valence-electron chi connectivity index (χ2n) is 3.04. The van der Waals surface area contributed by atoms with Gasteiger partial charge in [0.1, 0.15) is 0 Å². The van der Waals surface area contributed by atoms with Crippen molar-refractivity contribution in [2.45, 2.75) is 0 Å². The van der Waals surface area contributed by atoms with Crippen molar-refractivity contribution in [1.29, 1.82) is 0 Å². The molecule has 1 aromatic carbocycles. The van der Waals surface area contributed by atoms with Crippen molar-refractivity contribution in [3.05, 3.63) is 64.0 Å². The number of fused-ring (bicyclic) bond motifs is 1. The van der Waals surface area contributed by atoms with Crippen LogP contribution in [0.3, 0.4) is 0 Å². The third-order valence-electron chi connectivity index (χ3n) is 2.23. The fourth-order valence-electron chi connectivity index (χ4n) is 1.56. The maximum atomic E-state index is 11.5. The van der Waals surface area contributed by atoms with Crippen molar-refractivity contribution < 1.29 is 4.79 Å². The highest BCUT2D eigenvalue weighted by Gasteiger charge is 2.22. The highest BCUT2D eigenvalue weighted by Crippen LogP contribution is 2.31. The van der Waals surface area contributed by atoms with Crippen LogP contribution in [-0.4, -0.2) is 11.7 Å². The van der Waals surface area contributed by atoms with Crippen LogP contribution in [0.15, 0.2) is 36.0 Å². The Hall–Kier alpha value is -2.43. The summed E-state index contributed by atoms with van der Waals surface area (Å²) in [6, 6.07) is 6.98. The molecular formula is C12H5N2O-. The summed E-state index contributed by atoms with van der Waals surface area (Å²) in [5.74, 6) is 1.66. The van der Waals surface area contributed by atoms with Crippen molar-refractivity contribution in [2.75, 3.05) is 0 Å². The Labute approximate surface area is 86.7 Å². The standard InChI is InChI=1S/C12H5N2O/c1-14-11(7-13)10-6-12(15)9-5-3-2-4-8(9)10/h2-6H/q-1. The molecule has 1 aliphatic rings. The first-order valence-electron chi connectivity index (χ1n) is 4.28. The lowest BCUT2D eigenvalue weighted by Crippen LogP contribution is -1.90. The summed E-state index contributed by atoms with van der Waals surface area (Å²) in [4.78, 5) is 14.6. The fraction of sp³-hybridized carbons (Fsp3) is 0. The van der Waals surface area contributed by atoms with Crippen LogP contribution in [0, 0.1) is 6.57 Å². The largest absolute Gasteiger partial charge is 0.775 e. The molecule has 0 amide bonds. The van der Waals surface area contributed by atoms with E-state index in [1.54, 1.807) is 30.1 Å². The summed E-state index contributed by atoms with van der Waals surface area (Å²) < 4.78 is 0. The van der Waals surface area contributed by atoms with Crippen LogP contribution in [0.4, 0.5) is 0 Å². The minimum absolute atomic E-state index is 0.0340. The number of rotatable bonds is 1. The third kappa shape index (κ3) is 1.30. The number of hydrogen-bond acceptors (Lipinski definition) is 1. The Morgan fingerprint density at radius 1 is 1.33 bits per heavy atom. The van der Waals surface area contributed by atoms with Crippen LogP contribution in [0.1, 0.15) is 15.9 Å². The Kier molecular flexibility index (Phi) is 2.06. The first-order chi connectivity index (χ1) is 7.27. The molecule has 0 atom stereocenters. The van der Waals surface area contributed by atoms with Gasteiger partial charge in [0.25, 0.3) is 0 Å². The van der Waals surface area contributed by atoms with Gasteiger partial charge in [-0.3, -0.25) is 10.7 Å². The SMILES string of the molecule is [C-]#[N+]C(=C=[N-])C1=CC(=O)c2ccccc21. The fourth-order valence-corrected chi connectivity index (χ4v) is 1.56. The molecule has 0 radical (unpaired) electrons. The van der Waals surface area contributed by atoms with Crippen molar-refractivity contribution in [3.8, 4) is 0 Å².